The Balaban J connectivity index is 1.65. The Bertz CT molecular complexity index is 1620. The predicted octanol–water partition coefficient (Wildman–Crippen LogP) is 5.34. The molecule has 2 aromatic rings. The summed E-state index contributed by atoms with van der Waals surface area (Å²) in [4.78, 5) is 25.7. The Morgan fingerprint density at radius 3 is 2.07 bits per heavy atom. The van der Waals surface area contributed by atoms with Crippen LogP contribution in [0.5, 0.6) is 0 Å². The highest BCUT2D eigenvalue weighted by molar-refractivity contribution is 7.92. The van der Waals surface area contributed by atoms with Crippen LogP contribution in [0.25, 0.3) is 0 Å². The number of carboxylic acid groups (broad SMARTS) is 1. The number of hydrogen-bond donors (Lipinski definition) is 2. The molecule has 0 bridgehead atoms. The topological polar surface area (TPSA) is 112 Å². The van der Waals surface area contributed by atoms with E-state index >= 15 is 0 Å². The third-order valence-electron chi connectivity index (χ3n) is 9.47. The molecular weight excluding hydrogens is 642 g/mol. The predicted molar refractivity (Wildman–Crippen MR) is 140 cm³/mol. The van der Waals surface area contributed by atoms with E-state index in [9.17, 15) is 63.3 Å². The Hall–Kier alpha value is -3.27. The number of nitrogens with zero attached hydrogens (tertiary/aromatic N) is 1. The number of hydrogen-bond acceptors (Lipinski definition) is 5. The van der Waals surface area contributed by atoms with Gasteiger partial charge >= 0.3 is 24.0 Å². The summed E-state index contributed by atoms with van der Waals surface area (Å²) in [5.41, 5.74) is -10.2. The van der Waals surface area contributed by atoms with E-state index < -0.39 is 84.7 Å². The molecule has 2 fully saturated rings. The number of rotatable bonds is 5. The SMILES string of the molecule is O=C(O)[C@H]1CC[C@](O)(C(=O)N2CCC3(S(=O)(=O)c4cccc(F)c4)c4ccc(C(F)(C(F)(F)F)C(F)(F)F)cc4CCC23)CC1. The molecule has 2 aromatic carbocycles. The molecule has 45 heavy (non-hydrogen) atoms. The largest absolute Gasteiger partial charge is 0.481 e. The van der Waals surface area contributed by atoms with Gasteiger partial charge in [-0.05, 0) is 74.3 Å². The van der Waals surface area contributed by atoms with Crippen LogP contribution in [0.1, 0.15) is 55.2 Å². The average Bonchev–Trinajstić information content (AvgIpc) is 3.36. The Morgan fingerprint density at radius 1 is 0.889 bits per heavy atom. The number of aliphatic carboxylic acids is 1. The lowest BCUT2D eigenvalue weighted by Gasteiger charge is -2.45. The first-order valence-electron chi connectivity index (χ1n) is 13.9. The Labute approximate surface area is 251 Å². The fourth-order valence-corrected chi connectivity index (χ4v) is 9.54. The molecule has 246 valence electrons. The molecule has 1 amide bonds. The van der Waals surface area contributed by atoms with Gasteiger partial charge in [-0.2, -0.15) is 26.3 Å². The fraction of sp³-hybridized carbons (Fsp3) is 0.517. The van der Waals surface area contributed by atoms with Crippen molar-refractivity contribution in [3.63, 3.8) is 0 Å². The van der Waals surface area contributed by atoms with E-state index in [1.54, 1.807) is 0 Å². The molecule has 2 N–H and O–H groups in total. The van der Waals surface area contributed by atoms with Crippen LogP contribution in [0.15, 0.2) is 47.4 Å². The van der Waals surface area contributed by atoms with E-state index in [4.69, 9.17) is 0 Å². The first-order chi connectivity index (χ1) is 20.7. The summed E-state index contributed by atoms with van der Waals surface area (Å²) >= 11 is 0. The first kappa shape index (κ1) is 33.1. The summed E-state index contributed by atoms with van der Waals surface area (Å²) in [6, 6.07) is 3.71. The van der Waals surface area contributed by atoms with E-state index in [0.717, 1.165) is 23.1 Å². The number of aryl methyl sites for hydroxylation is 1. The number of carbonyl (C=O) groups is 2. The summed E-state index contributed by atoms with van der Waals surface area (Å²) in [7, 11) is -4.77. The number of carbonyl (C=O) groups excluding carboxylic acids is 1. The number of amides is 1. The molecule has 0 spiro atoms. The minimum Gasteiger partial charge on any atom is -0.481 e. The van der Waals surface area contributed by atoms with Crippen molar-refractivity contribution >= 4 is 21.7 Å². The molecule has 3 aliphatic rings. The molecule has 1 saturated heterocycles. The third-order valence-corrected chi connectivity index (χ3v) is 12.0. The standard InChI is InChI=1S/C29H27F8NO6S/c30-19-2-1-3-20(15-19)45(43,44)26-12-13-38(24(41)25(42)10-8-16(9-11-25)23(39)40)22(26)7-4-17-14-18(5-6-21(17)26)27(31,28(32,33)34)29(35,36)37/h1-3,5-6,14-16,22,42H,4,7-13H2,(H,39,40)/t16-,22?,25+,26?. The van der Waals surface area contributed by atoms with E-state index in [2.05, 4.69) is 0 Å². The second kappa shape index (κ2) is 10.6. The maximum absolute atomic E-state index is 15.0. The maximum Gasteiger partial charge on any atom is 0.435 e. The van der Waals surface area contributed by atoms with Gasteiger partial charge in [0.25, 0.3) is 5.91 Å². The number of carboxylic acids is 1. The van der Waals surface area contributed by atoms with Crippen molar-refractivity contribution in [1.29, 1.82) is 0 Å². The van der Waals surface area contributed by atoms with E-state index in [1.807, 2.05) is 0 Å². The van der Waals surface area contributed by atoms with Crippen LogP contribution in [-0.2, 0) is 36.3 Å². The van der Waals surface area contributed by atoms with Crippen molar-refractivity contribution in [2.24, 2.45) is 5.92 Å². The molecular formula is C29H27F8NO6S. The van der Waals surface area contributed by atoms with Gasteiger partial charge in [0, 0.05) is 12.1 Å². The Morgan fingerprint density at radius 2 is 1.51 bits per heavy atom. The number of likely N-dealkylation sites (tertiary alicyclic amines) is 1. The summed E-state index contributed by atoms with van der Waals surface area (Å²) in [6.07, 6.45) is -14.5. The summed E-state index contributed by atoms with van der Waals surface area (Å²) in [5.74, 6) is -3.77. The van der Waals surface area contributed by atoms with Crippen LogP contribution in [0, 0.1) is 11.7 Å². The van der Waals surface area contributed by atoms with Crippen molar-refractivity contribution in [1.82, 2.24) is 4.90 Å². The molecule has 16 heteroatoms. The number of benzene rings is 2. The molecule has 5 rings (SSSR count). The van der Waals surface area contributed by atoms with Crippen molar-refractivity contribution in [2.75, 3.05) is 6.54 Å². The number of aliphatic hydroxyl groups is 1. The van der Waals surface area contributed by atoms with Gasteiger partial charge in [0.15, 0.2) is 9.84 Å². The van der Waals surface area contributed by atoms with Crippen molar-refractivity contribution in [2.45, 2.75) is 84.3 Å². The van der Waals surface area contributed by atoms with Crippen LogP contribution in [0.3, 0.4) is 0 Å². The monoisotopic (exact) mass is 669 g/mol. The second-order valence-corrected chi connectivity index (χ2v) is 14.0. The molecule has 7 nitrogen and oxygen atoms in total. The van der Waals surface area contributed by atoms with Gasteiger partial charge in [0.1, 0.15) is 16.2 Å². The number of fused-ring (bicyclic) bond motifs is 3. The van der Waals surface area contributed by atoms with Gasteiger partial charge in [-0.3, -0.25) is 9.59 Å². The number of sulfone groups is 1. The van der Waals surface area contributed by atoms with Crippen molar-refractivity contribution in [3.8, 4) is 0 Å². The van der Waals surface area contributed by atoms with E-state index in [0.29, 0.717) is 18.2 Å². The lowest BCUT2D eigenvalue weighted by molar-refractivity contribution is -0.348. The summed E-state index contributed by atoms with van der Waals surface area (Å²) < 4.78 is 137. The minimum atomic E-state index is -6.41. The zero-order valence-corrected chi connectivity index (χ0v) is 24.1. The molecule has 0 radical (unpaired) electrons. The molecule has 1 aliphatic heterocycles. The minimum absolute atomic E-state index is 0.0438. The van der Waals surface area contributed by atoms with Gasteiger partial charge in [0.2, 0.25) is 0 Å². The van der Waals surface area contributed by atoms with Crippen LogP contribution in [-0.4, -0.2) is 65.9 Å². The fourth-order valence-electron chi connectivity index (χ4n) is 7.14. The van der Waals surface area contributed by atoms with Gasteiger partial charge in [-0.25, -0.2) is 17.2 Å². The van der Waals surface area contributed by atoms with Gasteiger partial charge in [-0.15, -0.1) is 0 Å². The molecule has 1 heterocycles. The van der Waals surface area contributed by atoms with Crippen LogP contribution >= 0.6 is 0 Å². The summed E-state index contributed by atoms with van der Waals surface area (Å²) in [6.45, 7) is -0.317. The number of alkyl halides is 7. The highest BCUT2D eigenvalue weighted by Gasteiger charge is 2.74. The normalized spacial score (nSPS) is 27.5. The smallest absolute Gasteiger partial charge is 0.435 e. The van der Waals surface area contributed by atoms with Gasteiger partial charge in [-0.1, -0.05) is 24.3 Å². The first-order valence-corrected chi connectivity index (χ1v) is 15.4. The van der Waals surface area contributed by atoms with Gasteiger partial charge in [0.05, 0.1) is 16.9 Å². The molecule has 2 unspecified atom stereocenters. The maximum atomic E-state index is 15.0. The van der Waals surface area contributed by atoms with Crippen molar-refractivity contribution in [3.05, 3.63) is 65.0 Å². The van der Waals surface area contributed by atoms with Crippen molar-refractivity contribution < 1.29 is 63.3 Å². The highest BCUT2D eigenvalue weighted by Crippen LogP contribution is 2.57. The second-order valence-electron chi connectivity index (χ2n) is 11.8. The van der Waals surface area contributed by atoms with Crippen LogP contribution in [0.2, 0.25) is 0 Å². The van der Waals surface area contributed by atoms with Gasteiger partial charge < -0.3 is 15.1 Å². The number of halogens is 8. The summed E-state index contributed by atoms with van der Waals surface area (Å²) in [5, 5.41) is 20.6. The molecule has 1 saturated carbocycles. The lowest BCUT2D eigenvalue weighted by atomic mass is 9.75. The molecule has 2 atom stereocenters. The highest BCUT2D eigenvalue weighted by atomic mass is 32.2. The Kier molecular flexibility index (Phi) is 7.83. The quantitative estimate of drug-likeness (QED) is 0.416. The van der Waals surface area contributed by atoms with Crippen LogP contribution in [0.4, 0.5) is 35.1 Å². The lowest BCUT2D eigenvalue weighted by Crippen LogP contribution is -2.57. The molecule has 2 aliphatic carbocycles. The van der Waals surface area contributed by atoms with Crippen LogP contribution < -0.4 is 0 Å². The molecule has 0 aromatic heterocycles. The van der Waals surface area contributed by atoms with E-state index in [1.165, 1.54) is 0 Å². The average molecular weight is 670 g/mol. The zero-order valence-electron chi connectivity index (χ0n) is 23.3. The third kappa shape index (κ3) is 4.89. The zero-order chi connectivity index (χ0) is 33.4. The van der Waals surface area contributed by atoms with E-state index in [-0.39, 0.29) is 62.3 Å².